The van der Waals surface area contributed by atoms with Crippen LogP contribution in [0, 0.1) is 0 Å². The van der Waals surface area contributed by atoms with Crippen LogP contribution in [-0.4, -0.2) is 22.6 Å². The minimum atomic E-state index is 0.542. The average Bonchev–Trinajstić information content (AvgIpc) is 2.41. The summed E-state index contributed by atoms with van der Waals surface area (Å²) in [6.45, 7) is 3.23. The number of nitrogens with one attached hydrogen (secondary N) is 1. The molecule has 1 unspecified atom stereocenters. The number of hydrogen-bond donors (Lipinski definition) is 1. The zero-order chi connectivity index (χ0) is 13.8. The average molecular weight is 317 g/mol. The molecule has 1 aliphatic heterocycles. The Morgan fingerprint density at radius 2 is 2.21 bits per heavy atom. The zero-order valence-electron chi connectivity index (χ0n) is 11.0. The number of anilines is 1. The Balaban J connectivity index is 2.07. The number of rotatable bonds is 2. The van der Waals surface area contributed by atoms with E-state index in [2.05, 4.69) is 17.1 Å². The maximum Gasteiger partial charge on any atom is 0.173 e. The summed E-state index contributed by atoms with van der Waals surface area (Å²) >= 11 is 17.6. The van der Waals surface area contributed by atoms with Crippen LogP contribution >= 0.6 is 35.4 Å². The molecule has 104 valence electrons. The molecule has 19 heavy (non-hydrogen) atoms. The van der Waals surface area contributed by atoms with Gasteiger partial charge in [-0.3, -0.25) is 0 Å². The van der Waals surface area contributed by atoms with E-state index in [0.29, 0.717) is 16.1 Å². The maximum absolute atomic E-state index is 6.16. The van der Waals surface area contributed by atoms with Gasteiger partial charge >= 0.3 is 0 Å². The van der Waals surface area contributed by atoms with Crippen LogP contribution in [0.3, 0.4) is 0 Å². The summed E-state index contributed by atoms with van der Waals surface area (Å²) < 4.78 is 0. The molecule has 0 aromatic heterocycles. The predicted molar refractivity (Wildman–Crippen MR) is 87.3 cm³/mol. The first-order chi connectivity index (χ1) is 9.11. The van der Waals surface area contributed by atoms with E-state index in [-0.39, 0.29) is 0 Å². The molecule has 1 aromatic carbocycles. The minimum absolute atomic E-state index is 0.542. The van der Waals surface area contributed by atoms with Gasteiger partial charge in [0.25, 0.3) is 0 Å². The Bertz CT molecular complexity index is 465. The monoisotopic (exact) mass is 316 g/mol. The molecular formula is C14H18Cl2N2S. The van der Waals surface area contributed by atoms with E-state index in [1.807, 2.05) is 12.1 Å². The van der Waals surface area contributed by atoms with Crippen molar-refractivity contribution in [1.82, 2.24) is 4.90 Å². The second-order valence-electron chi connectivity index (χ2n) is 4.81. The summed E-state index contributed by atoms with van der Waals surface area (Å²) in [6, 6.07) is 5.94. The van der Waals surface area contributed by atoms with E-state index in [9.17, 15) is 0 Å². The van der Waals surface area contributed by atoms with Crippen LogP contribution in [0.5, 0.6) is 0 Å². The summed E-state index contributed by atoms with van der Waals surface area (Å²) in [7, 11) is 0. The summed E-state index contributed by atoms with van der Waals surface area (Å²) in [5.74, 6) is 0. The largest absolute Gasteiger partial charge is 0.346 e. The van der Waals surface area contributed by atoms with Crippen molar-refractivity contribution in [2.75, 3.05) is 11.9 Å². The first kappa shape index (κ1) is 14.9. The van der Waals surface area contributed by atoms with Gasteiger partial charge in [0.15, 0.2) is 5.11 Å². The molecule has 2 nitrogen and oxygen atoms in total. The molecule has 2 rings (SSSR count). The molecule has 1 fully saturated rings. The fourth-order valence-electron chi connectivity index (χ4n) is 2.47. The quantitative estimate of drug-likeness (QED) is 0.777. The van der Waals surface area contributed by atoms with Gasteiger partial charge in [0.1, 0.15) is 0 Å². The van der Waals surface area contributed by atoms with E-state index in [0.717, 1.165) is 23.8 Å². The van der Waals surface area contributed by atoms with Crippen LogP contribution in [-0.2, 0) is 0 Å². The van der Waals surface area contributed by atoms with Crippen LogP contribution in [0.1, 0.15) is 32.6 Å². The van der Waals surface area contributed by atoms with Crippen molar-refractivity contribution in [1.29, 1.82) is 0 Å². The van der Waals surface area contributed by atoms with Crippen LogP contribution in [0.25, 0.3) is 0 Å². The number of halogens is 2. The first-order valence-corrected chi connectivity index (χ1v) is 7.81. The summed E-state index contributed by atoms with van der Waals surface area (Å²) in [5.41, 5.74) is 0.816. The van der Waals surface area contributed by atoms with Gasteiger partial charge in [-0.05, 0) is 56.1 Å². The lowest BCUT2D eigenvalue weighted by atomic mass is 10.0. The van der Waals surface area contributed by atoms with Crippen LogP contribution in [0.4, 0.5) is 5.69 Å². The predicted octanol–water partition coefficient (Wildman–Crippen LogP) is 4.95. The van der Waals surface area contributed by atoms with E-state index in [4.69, 9.17) is 35.4 Å². The van der Waals surface area contributed by atoms with Gasteiger partial charge in [-0.15, -0.1) is 0 Å². The molecule has 1 saturated heterocycles. The van der Waals surface area contributed by atoms with Gasteiger partial charge in [-0.25, -0.2) is 0 Å². The van der Waals surface area contributed by atoms with Crippen molar-refractivity contribution in [2.24, 2.45) is 0 Å². The Morgan fingerprint density at radius 1 is 1.42 bits per heavy atom. The highest BCUT2D eigenvalue weighted by Crippen LogP contribution is 2.27. The maximum atomic E-state index is 6.16. The summed E-state index contributed by atoms with van der Waals surface area (Å²) in [4.78, 5) is 2.28. The molecule has 0 radical (unpaired) electrons. The van der Waals surface area contributed by atoms with Crippen LogP contribution in [0.15, 0.2) is 18.2 Å². The van der Waals surface area contributed by atoms with Gasteiger partial charge in [0, 0.05) is 17.6 Å². The molecule has 1 atom stereocenters. The lowest BCUT2D eigenvalue weighted by Gasteiger charge is -2.37. The number of hydrogen-bond acceptors (Lipinski definition) is 1. The van der Waals surface area contributed by atoms with Gasteiger partial charge in [0.2, 0.25) is 0 Å². The molecule has 5 heteroatoms. The van der Waals surface area contributed by atoms with Crippen molar-refractivity contribution in [3.05, 3.63) is 28.2 Å². The van der Waals surface area contributed by atoms with Gasteiger partial charge in [-0.2, -0.15) is 0 Å². The molecule has 1 aliphatic rings. The fourth-order valence-corrected chi connectivity index (χ4v) is 3.28. The third-order valence-electron chi connectivity index (χ3n) is 3.53. The molecule has 0 amide bonds. The lowest BCUT2D eigenvalue weighted by molar-refractivity contribution is 0.239. The smallest absolute Gasteiger partial charge is 0.173 e. The molecule has 1 N–H and O–H groups in total. The van der Waals surface area contributed by atoms with E-state index >= 15 is 0 Å². The molecular weight excluding hydrogens is 299 g/mol. The second-order valence-corrected chi connectivity index (χ2v) is 6.04. The molecule has 0 aliphatic carbocycles. The number of likely N-dealkylation sites (tertiary alicyclic amines) is 1. The third-order valence-corrected chi connectivity index (χ3v) is 4.42. The Morgan fingerprint density at radius 3 is 2.89 bits per heavy atom. The molecule has 0 bridgehead atoms. The third kappa shape index (κ3) is 3.74. The highest BCUT2D eigenvalue weighted by Gasteiger charge is 2.23. The normalized spacial score (nSPS) is 19.3. The summed E-state index contributed by atoms with van der Waals surface area (Å²) in [5, 5.41) is 5.23. The van der Waals surface area contributed by atoms with Crippen molar-refractivity contribution in [3.63, 3.8) is 0 Å². The number of nitrogens with zero attached hydrogens (tertiary/aromatic N) is 1. The Labute approximate surface area is 130 Å². The standard InChI is InChI=1S/C14H18Cl2N2S/c1-2-11-5-3-4-8-18(11)14(19)17-13-7-6-10(15)9-12(13)16/h6-7,9,11H,2-5,8H2,1H3,(H,17,19). The lowest BCUT2D eigenvalue weighted by Crippen LogP contribution is -2.45. The van der Waals surface area contributed by atoms with Crippen molar-refractivity contribution >= 4 is 46.2 Å². The highest BCUT2D eigenvalue weighted by molar-refractivity contribution is 7.80. The van der Waals surface area contributed by atoms with Gasteiger partial charge in [0.05, 0.1) is 10.7 Å². The van der Waals surface area contributed by atoms with Crippen LogP contribution in [0.2, 0.25) is 10.0 Å². The first-order valence-electron chi connectivity index (χ1n) is 6.64. The molecule has 0 spiro atoms. The molecule has 1 heterocycles. The van der Waals surface area contributed by atoms with E-state index in [1.54, 1.807) is 6.07 Å². The summed E-state index contributed by atoms with van der Waals surface area (Å²) in [6.07, 6.45) is 4.83. The highest BCUT2D eigenvalue weighted by atomic mass is 35.5. The Hall–Kier alpha value is -0.510. The van der Waals surface area contributed by atoms with E-state index < -0.39 is 0 Å². The molecule has 1 aromatic rings. The topological polar surface area (TPSA) is 15.3 Å². The van der Waals surface area contributed by atoms with Crippen LogP contribution < -0.4 is 5.32 Å². The SMILES string of the molecule is CCC1CCCCN1C(=S)Nc1ccc(Cl)cc1Cl. The molecule has 0 saturated carbocycles. The number of piperidine rings is 1. The van der Waals surface area contributed by atoms with Crippen molar-refractivity contribution < 1.29 is 0 Å². The van der Waals surface area contributed by atoms with Crippen molar-refractivity contribution in [3.8, 4) is 0 Å². The zero-order valence-corrected chi connectivity index (χ0v) is 13.3. The van der Waals surface area contributed by atoms with Crippen molar-refractivity contribution in [2.45, 2.75) is 38.6 Å². The fraction of sp³-hybridized carbons (Fsp3) is 0.500. The van der Waals surface area contributed by atoms with Gasteiger partial charge < -0.3 is 10.2 Å². The van der Waals surface area contributed by atoms with Gasteiger partial charge in [-0.1, -0.05) is 30.1 Å². The minimum Gasteiger partial charge on any atom is -0.346 e. The second kappa shape index (κ2) is 6.78. The Kier molecular flexibility index (Phi) is 5.31. The number of benzene rings is 1. The van der Waals surface area contributed by atoms with E-state index in [1.165, 1.54) is 19.3 Å². The number of thiocarbonyl (C=S) groups is 1.